The fraction of sp³-hybridized carbons (Fsp3) is 0.667. The van der Waals surface area contributed by atoms with Gasteiger partial charge in [-0.25, -0.2) is 4.98 Å². The molecule has 2 atom stereocenters. The Morgan fingerprint density at radius 3 is 2.69 bits per heavy atom. The maximum absolute atomic E-state index is 12.7. The molecule has 1 saturated carbocycles. The van der Waals surface area contributed by atoms with Crippen molar-refractivity contribution in [3.05, 3.63) is 22.8 Å². The Bertz CT molecular complexity index is 725. The molecule has 1 aromatic rings. The molecule has 3 nitrogen and oxygen atoms in total. The Morgan fingerprint density at radius 2 is 2.08 bits per heavy atom. The molecule has 0 N–H and O–H groups in total. The highest BCUT2D eigenvalue weighted by atomic mass is 35.5. The van der Waals surface area contributed by atoms with Gasteiger partial charge in [-0.15, -0.1) is 0 Å². The lowest BCUT2D eigenvalue weighted by Crippen LogP contribution is -2.38. The van der Waals surface area contributed by atoms with Crippen molar-refractivity contribution in [1.29, 1.82) is 0 Å². The SMILES string of the molecule is CC1(C)C[C@H]2C[C@](C)(CN2C(=O)CSc2ncc(C(F)(F)F)cc2Cl)C1. The molecule has 0 aromatic carbocycles. The van der Waals surface area contributed by atoms with Gasteiger partial charge in [0.25, 0.3) is 0 Å². The van der Waals surface area contributed by atoms with E-state index in [1.54, 1.807) is 0 Å². The van der Waals surface area contributed by atoms with E-state index in [-0.39, 0.29) is 38.6 Å². The van der Waals surface area contributed by atoms with Gasteiger partial charge in [0.15, 0.2) is 0 Å². The molecule has 1 saturated heterocycles. The number of thioether (sulfide) groups is 1. The average Bonchev–Trinajstić information content (AvgIpc) is 2.73. The van der Waals surface area contributed by atoms with E-state index in [1.165, 1.54) is 0 Å². The van der Waals surface area contributed by atoms with E-state index in [2.05, 4.69) is 25.8 Å². The van der Waals surface area contributed by atoms with E-state index >= 15 is 0 Å². The number of likely N-dealkylation sites (tertiary alicyclic amines) is 1. The van der Waals surface area contributed by atoms with Gasteiger partial charge in [0, 0.05) is 18.8 Å². The van der Waals surface area contributed by atoms with Gasteiger partial charge in [-0.1, -0.05) is 44.1 Å². The zero-order valence-electron chi connectivity index (χ0n) is 15.0. The van der Waals surface area contributed by atoms with Crippen LogP contribution in [0.5, 0.6) is 0 Å². The minimum absolute atomic E-state index is 0.000750. The second-order valence-corrected chi connectivity index (χ2v) is 9.90. The third kappa shape index (κ3) is 4.14. The molecule has 1 aliphatic carbocycles. The molecule has 8 heteroatoms. The molecule has 1 aliphatic heterocycles. The number of amides is 1. The summed E-state index contributed by atoms with van der Waals surface area (Å²) in [4.78, 5) is 18.4. The highest BCUT2D eigenvalue weighted by Gasteiger charge is 2.50. The summed E-state index contributed by atoms with van der Waals surface area (Å²) >= 11 is 7.01. The summed E-state index contributed by atoms with van der Waals surface area (Å²) in [5.41, 5.74) is -0.517. The van der Waals surface area contributed by atoms with E-state index in [4.69, 9.17) is 11.6 Å². The van der Waals surface area contributed by atoms with Crippen LogP contribution in [0.4, 0.5) is 13.2 Å². The van der Waals surface area contributed by atoms with Gasteiger partial charge in [0.1, 0.15) is 5.03 Å². The topological polar surface area (TPSA) is 33.2 Å². The normalized spacial score (nSPS) is 27.7. The number of hydrogen-bond acceptors (Lipinski definition) is 3. The molecule has 1 aromatic heterocycles. The molecule has 1 amide bonds. The number of nitrogens with zero attached hydrogens (tertiary/aromatic N) is 2. The van der Waals surface area contributed by atoms with Crippen molar-refractivity contribution >= 4 is 29.3 Å². The smallest absolute Gasteiger partial charge is 0.338 e. The van der Waals surface area contributed by atoms with Crippen LogP contribution in [0.25, 0.3) is 0 Å². The Balaban J connectivity index is 1.65. The maximum Gasteiger partial charge on any atom is 0.417 e. The van der Waals surface area contributed by atoms with Crippen LogP contribution < -0.4 is 0 Å². The summed E-state index contributed by atoms with van der Waals surface area (Å²) < 4.78 is 38.0. The quantitative estimate of drug-likeness (QED) is 0.641. The third-order valence-electron chi connectivity index (χ3n) is 5.20. The fourth-order valence-electron chi connectivity index (χ4n) is 4.65. The number of hydrogen-bond donors (Lipinski definition) is 0. The van der Waals surface area contributed by atoms with E-state index < -0.39 is 11.7 Å². The molecule has 2 bridgehead atoms. The highest BCUT2D eigenvalue weighted by Crippen LogP contribution is 2.52. The van der Waals surface area contributed by atoms with Crippen LogP contribution in [0.3, 0.4) is 0 Å². The lowest BCUT2D eigenvalue weighted by molar-refractivity contribution is -0.138. The lowest BCUT2D eigenvalue weighted by atomic mass is 9.65. The zero-order chi connectivity index (χ0) is 19.3. The first-order chi connectivity index (χ1) is 11.9. The molecule has 2 heterocycles. The van der Waals surface area contributed by atoms with Crippen LogP contribution >= 0.6 is 23.4 Å². The van der Waals surface area contributed by atoms with Crippen molar-refractivity contribution in [2.24, 2.45) is 10.8 Å². The minimum atomic E-state index is -4.48. The third-order valence-corrected chi connectivity index (χ3v) is 6.59. The largest absolute Gasteiger partial charge is 0.417 e. The number of fused-ring (bicyclic) bond motifs is 2. The van der Waals surface area contributed by atoms with Gasteiger partial charge in [0.2, 0.25) is 5.91 Å². The van der Waals surface area contributed by atoms with Crippen molar-refractivity contribution in [2.75, 3.05) is 12.3 Å². The number of pyridine rings is 1. The number of carbonyl (C=O) groups excluding carboxylic acids is 1. The maximum atomic E-state index is 12.7. The molecule has 144 valence electrons. The molecule has 0 unspecified atom stereocenters. The average molecular weight is 407 g/mol. The van der Waals surface area contributed by atoms with Gasteiger partial charge in [0.05, 0.1) is 16.3 Å². The lowest BCUT2D eigenvalue weighted by Gasteiger charge is -2.39. The van der Waals surface area contributed by atoms with Crippen LogP contribution in [0.2, 0.25) is 5.02 Å². The second-order valence-electron chi connectivity index (χ2n) is 8.53. The van der Waals surface area contributed by atoms with Crippen LogP contribution in [0.1, 0.15) is 45.6 Å². The van der Waals surface area contributed by atoms with Crippen molar-refractivity contribution in [1.82, 2.24) is 9.88 Å². The zero-order valence-corrected chi connectivity index (χ0v) is 16.6. The molecular weight excluding hydrogens is 385 g/mol. The summed E-state index contributed by atoms with van der Waals surface area (Å²) in [6.07, 6.45) is -0.625. The van der Waals surface area contributed by atoms with Gasteiger partial charge in [-0.05, 0) is 36.2 Å². The van der Waals surface area contributed by atoms with Crippen LogP contribution in [0.15, 0.2) is 17.3 Å². The van der Waals surface area contributed by atoms with Crippen molar-refractivity contribution in [2.45, 2.75) is 57.3 Å². The first kappa shape index (κ1) is 19.8. The van der Waals surface area contributed by atoms with E-state index in [1.807, 2.05) is 4.90 Å². The summed E-state index contributed by atoms with van der Waals surface area (Å²) in [5, 5.41) is 0.174. The van der Waals surface area contributed by atoms with Crippen LogP contribution in [-0.2, 0) is 11.0 Å². The van der Waals surface area contributed by atoms with Crippen molar-refractivity contribution < 1.29 is 18.0 Å². The van der Waals surface area contributed by atoms with Crippen LogP contribution in [-0.4, -0.2) is 34.1 Å². The Kier molecular flexibility index (Phi) is 5.02. The van der Waals surface area contributed by atoms with Crippen molar-refractivity contribution in [3.63, 3.8) is 0 Å². The molecule has 2 fully saturated rings. The highest BCUT2D eigenvalue weighted by molar-refractivity contribution is 8.00. The van der Waals surface area contributed by atoms with E-state index in [0.717, 1.165) is 49.8 Å². The van der Waals surface area contributed by atoms with Gasteiger partial charge in [-0.2, -0.15) is 13.2 Å². The first-order valence-corrected chi connectivity index (χ1v) is 9.90. The number of aromatic nitrogens is 1. The standard InChI is InChI=1S/C18H22ClF3N2OS/c1-16(2)5-12-6-17(3,9-16)10-24(12)14(25)8-26-15-13(19)4-11(7-23-15)18(20,21)22/h4,7,12H,5-6,8-10H2,1-3H3/t12-,17-/m0/s1. The van der Waals surface area contributed by atoms with Crippen LogP contribution in [0, 0.1) is 10.8 Å². The summed E-state index contributed by atoms with van der Waals surface area (Å²) in [6.45, 7) is 7.46. The summed E-state index contributed by atoms with van der Waals surface area (Å²) in [7, 11) is 0. The monoisotopic (exact) mass is 406 g/mol. The van der Waals surface area contributed by atoms with Crippen molar-refractivity contribution in [3.8, 4) is 0 Å². The number of carbonyl (C=O) groups is 1. The second kappa shape index (κ2) is 6.59. The summed E-state index contributed by atoms with van der Waals surface area (Å²) in [6, 6.07) is 1.10. The first-order valence-electron chi connectivity index (χ1n) is 8.54. The molecule has 3 rings (SSSR count). The summed E-state index contributed by atoms with van der Waals surface area (Å²) in [5.74, 6) is 0.129. The van der Waals surface area contributed by atoms with Gasteiger partial charge >= 0.3 is 6.18 Å². The molecule has 0 spiro atoms. The molecule has 26 heavy (non-hydrogen) atoms. The van der Waals surface area contributed by atoms with E-state index in [9.17, 15) is 18.0 Å². The predicted molar refractivity (Wildman–Crippen MR) is 96.2 cm³/mol. The Labute approximate surface area is 160 Å². The number of rotatable bonds is 3. The predicted octanol–water partition coefficient (Wildman–Crippen LogP) is 5.27. The Hall–Kier alpha value is -0.950. The number of halogens is 4. The molecule has 2 aliphatic rings. The number of alkyl halides is 3. The Morgan fingerprint density at radius 1 is 1.38 bits per heavy atom. The molecular formula is C18H22ClF3N2OS. The van der Waals surface area contributed by atoms with E-state index in [0.29, 0.717) is 0 Å². The van der Waals surface area contributed by atoms with Gasteiger partial charge in [-0.3, -0.25) is 4.79 Å². The fourth-order valence-corrected chi connectivity index (χ4v) is 5.73. The minimum Gasteiger partial charge on any atom is -0.338 e. The molecule has 0 radical (unpaired) electrons. The van der Waals surface area contributed by atoms with Gasteiger partial charge < -0.3 is 4.90 Å².